The van der Waals surface area contributed by atoms with Crippen LogP contribution < -0.4 is 10.1 Å². The second-order valence-electron chi connectivity index (χ2n) is 8.23. The number of amides is 1. The second kappa shape index (κ2) is 8.88. The summed E-state index contributed by atoms with van der Waals surface area (Å²) in [5.74, 6) is 0.347. The average molecular weight is 408 g/mol. The molecule has 0 aromatic heterocycles. The van der Waals surface area contributed by atoms with E-state index in [2.05, 4.69) is 10.2 Å². The number of ether oxygens (including phenoxy) is 1. The Morgan fingerprint density at radius 2 is 1.87 bits per heavy atom. The third kappa shape index (κ3) is 4.33. The summed E-state index contributed by atoms with van der Waals surface area (Å²) in [5.41, 5.74) is 1.14. The molecule has 2 bridgehead atoms. The number of carbonyl (C=O) groups excluding carboxylic acids is 1. The lowest BCUT2D eigenvalue weighted by atomic mass is 9.97. The zero-order valence-electron chi connectivity index (χ0n) is 17.2. The molecule has 6 nitrogen and oxygen atoms in total. The Morgan fingerprint density at radius 1 is 1.13 bits per heavy atom. The Labute approximate surface area is 176 Å². The Kier molecular flexibility index (Phi) is 6.04. The molecule has 0 unspecified atom stereocenters. The van der Waals surface area contributed by atoms with Crippen molar-refractivity contribution in [3.63, 3.8) is 0 Å². The van der Waals surface area contributed by atoms with Gasteiger partial charge in [0.1, 0.15) is 12.4 Å². The number of rotatable bonds is 8. The molecule has 2 fully saturated rings. The van der Waals surface area contributed by atoms with Crippen LogP contribution in [0.25, 0.3) is 0 Å². The molecule has 4 atom stereocenters. The maximum Gasteiger partial charge on any atom is 0.335 e. The largest absolute Gasteiger partial charge is 0.492 e. The van der Waals surface area contributed by atoms with E-state index >= 15 is 0 Å². The molecule has 2 aromatic rings. The zero-order chi connectivity index (χ0) is 21.1. The van der Waals surface area contributed by atoms with Gasteiger partial charge in [-0.25, -0.2) is 4.79 Å². The van der Waals surface area contributed by atoms with Crippen molar-refractivity contribution in [1.82, 2.24) is 10.2 Å². The minimum absolute atomic E-state index is 0.0525. The standard InChI is InChI=1S/C24H28N2O4/c1-16(17-7-9-18(10-8-17)24(28)29)25-23(27)22-19-11-12-20(15-19)26(22)13-14-30-21-5-3-2-4-6-21/h2-10,16,19-20,22H,11-15H2,1H3,(H,25,27)(H,28,29)/t16-,19+,20-,22+/m0/s1. The summed E-state index contributed by atoms with van der Waals surface area (Å²) in [7, 11) is 0. The lowest BCUT2D eigenvalue weighted by Crippen LogP contribution is -2.51. The molecule has 1 aliphatic carbocycles. The number of carboxylic acid groups (broad SMARTS) is 1. The van der Waals surface area contributed by atoms with Crippen molar-refractivity contribution in [2.45, 2.75) is 44.3 Å². The van der Waals surface area contributed by atoms with Crippen LogP contribution in [0.2, 0.25) is 0 Å². The van der Waals surface area contributed by atoms with Crippen LogP contribution in [0.3, 0.4) is 0 Å². The highest BCUT2D eigenvalue weighted by molar-refractivity contribution is 5.87. The highest BCUT2D eigenvalue weighted by Crippen LogP contribution is 2.42. The smallest absolute Gasteiger partial charge is 0.335 e. The molecule has 2 N–H and O–H groups in total. The van der Waals surface area contributed by atoms with Crippen LogP contribution in [0, 0.1) is 5.92 Å². The summed E-state index contributed by atoms with van der Waals surface area (Å²) in [6.45, 7) is 3.22. The molecular weight excluding hydrogens is 380 g/mol. The summed E-state index contributed by atoms with van der Waals surface area (Å²) in [5, 5.41) is 12.2. The van der Waals surface area contributed by atoms with E-state index in [9.17, 15) is 9.59 Å². The Bertz CT molecular complexity index is 884. The average Bonchev–Trinajstić information content (AvgIpc) is 3.36. The highest BCUT2D eigenvalue weighted by atomic mass is 16.5. The van der Waals surface area contributed by atoms with E-state index in [-0.39, 0.29) is 23.6 Å². The van der Waals surface area contributed by atoms with Gasteiger partial charge in [-0.15, -0.1) is 0 Å². The van der Waals surface area contributed by atoms with Gasteiger partial charge in [0.05, 0.1) is 17.6 Å². The van der Waals surface area contributed by atoms with Crippen LogP contribution in [0.4, 0.5) is 0 Å². The fourth-order valence-electron chi connectivity index (χ4n) is 4.85. The number of aromatic carboxylic acids is 1. The predicted octanol–water partition coefficient (Wildman–Crippen LogP) is 3.49. The molecule has 30 heavy (non-hydrogen) atoms. The van der Waals surface area contributed by atoms with Gasteiger partial charge in [0.25, 0.3) is 0 Å². The molecule has 2 aliphatic rings. The molecule has 1 amide bonds. The lowest BCUT2D eigenvalue weighted by molar-refractivity contribution is -0.128. The number of carboxylic acids is 1. The van der Waals surface area contributed by atoms with Gasteiger partial charge in [-0.2, -0.15) is 0 Å². The molecule has 4 rings (SSSR count). The first-order valence-corrected chi connectivity index (χ1v) is 10.6. The zero-order valence-corrected chi connectivity index (χ0v) is 17.2. The first kappa shape index (κ1) is 20.4. The Morgan fingerprint density at radius 3 is 2.57 bits per heavy atom. The summed E-state index contributed by atoms with van der Waals surface area (Å²) < 4.78 is 5.86. The number of benzene rings is 2. The van der Waals surface area contributed by atoms with Crippen LogP contribution in [-0.2, 0) is 4.79 Å². The van der Waals surface area contributed by atoms with Crippen molar-refractivity contribution < 1.29 is 19.4 Å². The van der Waals surface area contributed by atoms with Crippen molar-refractivity contribution in [2.24, 2.45) is 5.92 Å². The van der Waals surface area contributed by atoms with Crippen molar-refractivity contribution in [2.75, 3.05) is 13.2 Å². The van der Waals surface area contributed by atoms with Crippen LogP contribution >= 0.6 is 0 Å². The van der Waals surface area contributed by atoms with E-state index in [1.807, 2.05) is 37.3 Å². The van der Waals surface area contributed by atoms with Gasteiger partial charge in [0.15, 0.2) is 0 Å². The molecule has 0 spiro atoms. The van der Waals surface area contributed by atoms with Gasteiger partial charge in [0, 0.05) is 12.6 Å². The molecule has 1 heterocycles. The number of fused-ring (bicyclic) bond motifs is 2. The quantitative estimate of drug-likeness (QED) is 0.699. The van der Waals surface area contributed by atoms with E-state index < -0.39 is 5.97 Å². The van der Waals surface area contributed by atoms with E-state index in [0.29, 0.717) is 18.6 Å². The van der Waals surface area contributed by atoms with Crippen molar-refractivity contribution in [3.8, 4) is 5.75 Å². The molecule has 1 saturated carbocycles. The van der Waals surface area contributed by atoms with E-state index in [1.165, 1.54) is 0 Å². The number of carbonyl (C=O) groups is 2. The van der Waals surface area contributed by atoms with Gasteiger partial charge in [-0.1, -0.05) is 30.3 Å². The summed E-state index contributed by atoms with van der Waals surface area (Å²) in [4.78, 5) is 26.5. The van der Waals surface area contributed by atoms with Crippen LogP contribution in [0.15, 0.2) is 54.6 Å². The van der Waals surface area contributed by atoms with Crippen molar-refractivity contribution in [3.05, 3.63) is 65.7 Å². The SMILES string of the molecule is C[C@H](NC(=O)[C@H]1[C@@H]2CC[C@@H](C2)N1CCOc1ccccc1)c1ccc(C(=O)O)cc1. The number of hydrogen-bond donors (Lipinski definition) is 2. The lowest BCUT2D eigenvalue weighted by Gasteiger charge is -2.34. The molecule has 6 heteroatoms. The number of nitrogens with one attached hydrogen (secondary N) is 1. The number of piperidine rings is 1. The highest BCUT2D eigenvalue weighted by Gasteiger charge is 2.49. The third-order valence-electron chi connectivity index (χ3n) is 6.36. The van der Waals surface area contributed by atoms with Crippen LogP contribution in [0.1, 0.15) is 48.1 Å². The minimum atomic E-state index is -0.950. The van der Waals surface area contributed by atoms with Crippen LogP contribution in [-0.4, -0.2) is 47.1 Å². The summed E-state index contributed by atoms with van der Waals surface area (Å²) >= 11 is 0. The van der Waals surface area contributed by atoms with Gasteiger partial charge >= 0.3 is 5.97 Å². The van der Waals surface area contributed by atoms with E-state index in [4.69, 9.17) is 9.84 Å². The monoisotopic (exact) mass is 408 g/mol. The normalized spacial score (nSPS) is 23.8. The topological polar surface area (TPSA) is 78.9 Å². The minimum Gasteiger partial charge on any atom is -0.492 e. The molecular formula is C24H28N2O4. The molecule has 0 radical (unpaired) electrons. The van der Waals surface area contributed by atoms with E-state index in [1.54, 1.807) is 24.3 Å². The fraction of sp³-hybridized carbons (Fsp3) is 0.417. The van der Waals surface area contributed by atoms with Gasteiger partial charge in [-0.05, 0) is 61.9 Å². The number of nitrogens with zero attached hydrogens (tertiary/aromatic N) is 1. The molecule has 158 valence electrons. The third-order valence-corrected chi connectivity index (χ3v) is 6.36. The van der Waals surface area contributed by atoms with Gasteiger partial charge in [0.2, 0.25) is 5.91 Å². The van der Waals surface area contributed by atoms with Gasteiger partial charge in [-0.3, -0.25) is 9.69 Å². The second-order valence-corrected chi connectivity index (χ2v) is 8.23. The maximum absolute atomic E-state index is 13.1. The molecule has 1 saturated heterocycles. The number of hydrogen-bond acceptors (Lipinski definition) is 4. The first-order chi connectivity index (χ1) is 14.5. The van der Waals surface area contributed by atoms with Gasteiger partial charge < -0.3 is 15.2 Å². The van der Waals surface area contributed by atoms with Crippen molar-refractivity contribution >= 4 is 11.9 Å². The Hall–Kier alpha value is -2.86. The fourth-order valence-corrected chi connectivity index (χ4v) is 4.85. The number of para-hydroxylation sites is 1. The Balaban J connectivity index is 1.36. The first-order valence-electron chi connectivity index (χ1n) is 10.6. The predicted molar refractivity (Wildman–Crippen MR) is 114 cm³/mol. The van der Waals surface area contributed by atoms with Crippen LogP contribution in [0.5, 0.6) is 5.75 Å². The molecule has 2 aromatic carbocycles. The summed E-state index contributed by atoms with van der Waals surface area (Å²) in [6.07, 6.45) is 3.32. The molecule has 1 aliphatic heterocycles. The number of likely N-dealkylation sites (tertiary alicyclic amines) is 1. The van der Waals surface area contributed by atoms with Crippen molar-refractivity contribution in [1.29, 1.82) is 0 Å². The maximum atomic E-state index is 13.1. The summed E-state index contributed by atoms with van der Waals surface area (Å²) in [6, 6.07) is 16.6. The van der Waals surface area contributed by atoms with E-state index in [0.717, 1.165) is 37.1 Å².